The summed E-state index contributed by atoms with van der Waals surface area (Å²) in [5.41, 5.74) is 6.82. The summed E-state index contributed by atoms with van der Waals surface area (Å²) in [6.45, 7) is 0.416. The average molecular weight is 327 g/mol. The monoisotopic (exact) mass is 325 g/mol. The van der Waals surface area contributed by atoms with Gasteiger partial charge in [0.05, 0.1) is 4.47 Å². The van der Waals surface area contributed by atoms with Gasteiger partial charge in [-0.1, -0.05) is 41.9 Å². The topological polar surface area (TPSA) is 35.2 Å². The van der Waals surface area contributed by atoms with Gasteiger partial charge in [0.15, 0.2) is 0 Å². The fourth-order valence-corrected chi connectivity index (χ4v) is 2.42. The lowest BCUT2D eigenvalue weighted by molar-refractivity contribution is 0.213. The van der Waals surface area contributed by atoms with E-state index in [4.69, 9.17) is 22.1 Å². The van der Waals surface area contributed by atoms with Crippen molar-refractivity contribution in [2.75, 3.05) is 6.54 Å². The first-order chi connectivity index (χ1) is 8.70. The van der Waals surface area contributed by atoms with E-state index in [9.17, 15) is 0 Å². The molecule has 0 heterocycles. The number of nitrogens with two attached hydrogens (primary N) is 1. The van der Waals surface area contributed by atoms with Gasteiger partial charge < -0.3 is 10.5 Å². The molecule has 1 atom stereocenters. The average Bonchev–Trinajstić information content (AvgIpc) is 2.39. The summed E-state index contributed by atoms with van der Waals surface area (Å²) in [7, 11) is 0. The summed E-state index contributed by atoms with van der Waals surface area (Å²) in [6, 6.07) is 15.3. The standard InChI is InChI=1S/C14H13BrClNO/c15-12-8-11(16)6-7-13(12)18-14(9-17)10-4-2-1-3-5-10/h1-8,14H,9,17H2. The maximum Gasteiger partial charge on any atom is 0.136 e. The first-order valence-corrected chi connectivity index (χ1v) is 6.74. The van der Waals surface area contributed by atoms with E-state index in [0.717, 1.165) is 15.8 Å². The summed E-state index contributed by atoms with van der Waals surface area (Å²) in [6.07, 6.45) is -0.163. The van der Waals surface area contributed by atoms with Crippen molar-refractivity contribution in [3.63, 3.8) is 0 Å². The Labute approximate surface area is 120 Å². The highest BCUT2D eigenvalue weighted by atomic mass is 79.9. The number of rotatable bonds is 4. The molecule has 2 rings (SSSR count). The predicted octanol–water partition coefficient (Wildman–Crippen LogP) is 4.18. The molecule has 94 valence electrons. The van der Waals surface area contributed by atoms with Gasteiger partial charge in [-0.3, -0.25) is 0 Å². The Hall–Kier alpha value is -1.03. The van der Waals surface area contributed by atoms with Crippen LogP contribution in [0.25, 0.3) is 0 Å². The molecule has 2 N–H and O–H groups in total. The molecule has 0 bridgehead atoms. The highest BCUT2D eigenvalue weighted by molar-refractivity contribution is 9.10. The van der Waals surface area contributed by atoms with E-state index < -0.39 is 0 Å². The molecular weight excluding hydrogens is 314 g/mol. The SMILES string of the molecule is NCC(Oc1ccc(Cl)cc1Br)c1ccccc1. The third kappa shape index (κ3) is 3.25. The van der Waals surface area contributed by atoms with Gasteiger partial charge >= 0.3 is 0 Å². The molecule has 2 aromatic rings. The number of halogens is 2. The summed E-state index contributed by atoms with van der Waals surface area (Å²) in [4.78, 5) is 0. The Morgan fingerprint density at radius 2 is 1.89 bits per heavy atom. The zero-order valence-electron chi connectivity index (χ0n) is 9.64. The second kappa shape index (κ2) is 6.23. The van der Waals surface area contributed by atoms with Crippen LogP contribution in [0.15, 0.2) is 53.0 Å². The fourth-order valence-electron chi connectivity index (χ4n) is 1.64. The second-order valence-electron chi connectivity index (χ2n) is 3.83. The van der Waals surface area contributed by atoms with Crippen LogP contribution in [0.1, 0.15) is 11.7 Å². The molecule has 0 aliphatic carbocycles. The fraction of sp³-hybridized carbons (Fsp3) is 0.143. The number of hydrogen-bond donors (Lipinski definition) is 1. The molecule has 0 saturated heterocycles. The van der Waals surface area contributed by atoms with Gasteiger partial charge in [0.2, 0.25) is 0 Å². The molecule has 0 aliphatic heterocycles. The third-order valence-corrected chi connectivity index (χ3v) is 3.40. The van der Waals surface area contributed by atoms with Gasteiger partial charge in [-0.25, -0.2) is 0 Å². The van der Waals surface area contributed by atoms with Crippen molar-refractivity contribution in [3.8, 4) is 5.75 Å². The molecule has 0 amide bonds. The molecule has 4 heteroatoms. The molecule has 0 saturated carbocycles. The quantitative estimate of drug-likeness (QED) is 0.914. The maximum absolute atomic E-state index is 5.90. The number of hydrogen-bond acceptors (Lipinski definition) is 2. The van der Waals surface area contributed by atoms with E-state index in [2.05, 4.69) is 15.9 Å². The van der Waals surface area contributed by atoms with Crippen molar-refractivity contribution in [1.82, 2.24) is 0 Å². The summed E-state index contributed by atoms with van der Waals surface area (Å²) in [5, 5.41) is 0.665. The van der Waals surface area contributed by atoms with Crippen LogP contribution in [0.4, 0.5) is 0 Å². The van der Waals surface area contributed by atoms with Gasteiger partial charge in [0.25, 0.3) is 0 Å². The molecular formula is C14H13BrClNO. The predicted molar refractivity (Wildman–Crippen MR) is 78.0 cm³/mol. The molecule has 1 unspecified atom stereocenters. The highest BCUT2D eigenvalue weighted by Crippen LogP contribution is 2.31. The molecule has 0 fully saturated rings. The second-order valence-corrected chi connectivity index (χ2v) is 5.12. The molecule has 2 aromatic carbocycles. The van der Waals surface area contributed by atoms with Crippen LogP contribution in [0.2, 0.25) is 5.02 Å². The smallest absolute Gasteiger partial charge is 0.136 e. The minimum absolute atomic E-state index is 0.163. The van der Waals surface area contributed by atoms with Crippen LogP contribution in [0, 0.1) is 0 Å². The molecule has 0 aliphatic rings. The molecule has 18 heavy (non-hydrogen) atoms. The zero-order valence-corrected chi connectivity index (χ0v) is 12.0. The van der Waals surface area contributed by atoms with Crippen molar-refractivity contribution in [1.29, 1.82) is 0 Å². The van der Waals surface area contributed by atoms with E-state index in [0.29, 0.717) is 11.6 Å². The van der Waals surface area contributed by atoms with Crippen molar-refractivity contribution >= 4 is 27.5 Å². The van der Waals surface area contributed by atoms with E-state index in [1.807, 2.05) is 36.4 Å². The number of benzene rings is 2. The van der Waals surface area contributed by atoms with E-state index in [-0.39, 0.29) is 6.10 Å². The largest absolute Gasteiger partial charge is 0.483 e. The molecule has 0 radical (unpaired) electrons. The lowest BCUT2D eigenvalue weighted by Crippen LogP contribution is -2.18. The van der Waals surface area contributed by atoms with Crippen molar-refractivity contribution in [2.45, 2.75) is 6.10 Å². The van der Waals surface area contributed by atoms with Gasteiger partial charge in [-0.15, -0.1) is 0 Å². The lowest BCUT2D eigenvalue weighted by atomic mass is 10.1. The molecule has 2 nitrogen and oxygen atoms in total. The van der Waals surface area contributed by atoms with Crippen LogP contribution in [0.3, 0.4) is 0 Å². The van der Waals surface area contributed by atoms with E-state index in [1.165, 1.54) is 0 Å². The zero-order chi connectivity index (χ0) is 13.0. The van der Waals surface area contributed by atoms with Gasteiger partial charge in [-0.05, 0) is 39.7 Å². The Morgan fingerprint density at radius 1 is 1.17 bits per heavy atom. The van der Waals surface area contributed by atoms with Crippen LogP contribution in [0.5, 0.6) is 5.75 Å². The number of ether oxygens (including phenoxy) is 1. The van der Waals surface area contributed by atoms with Gasteiger partial charge in [0, 0.05) is 11.6 Å². The Bertz CT molecular complexity index is 518. The van der Waals surface area contributed by atoms with Crippen LogP contribution in [-0.2, 0) is 0 Å². The summed E-state index contributed by atoms with van der Waals surface area (Å²) >= 11 is 9.32. The van der Waals surface area contributed by atoms with Crippen molar-refractivity contribution in [3.05, 3.63) is 63.6 Å². The highest BCUT2D eigenvalue weighted by Gasteiger charge is 2.12. The van der Waals surface area contributed by atoms with Crippen molar-refractivity contribution < 1.29 is 4.74 Å². The first-order valence-electron chi connectivity index (χ1n) is 5.57. The molecule has 0 spiro atoms. The van der Waals surface area contributed by atoms with Crippen molar-refractivity contribution in [2.24, 2.45) is 5.73 Å². The van der Waals surface area contributed by atoms with E-state index >= 15 is 0 Å². The minimum atomic E-state index is -0.163. The Kier molecular flexibility index (Phi) is 4.64. The molecule has 0 aromatic heterocycles. The first kappa shape index (κ1) is 13.4. The van der Waals surface area contributed by atoms with Gasteiger partial charge in [0.1, 0.15) is 11.9 Å². The normalized spacial score (nSPS) is 12.2. The van der Waals surface area contributed by atoms with Crippen LogP contribution >= 0.6 is 27.5 Å². The lowest BCUT2D eigenvalue weighted by Gasteiger charge is -2.18. The third-order valence-electron chi connectivity index (χ3n) is 2.55. The maximum atomic E-state index is 5.90. The van der Waals surface area contributed by atoms with Crippen LogP contribution < -0.4 is 10.5 Å². The summed E-state index contributed by atoms with van der Waals surface area (Å²) in [5.74, 6) is 0.735. The van der Waals surface area contributed by atoms with Crippen LogP contribution in [-0.4, -0.2) is 6.54 Å². The minimum Gasteiger partial charge on any atom is -0.483 e. The van der Waals surface area contributed by atoms with Gasteiger partial charge in [-0.2, -0.15) is 0 Å². The Morgan fingerprint density at radius 3 is 2.50 bits per heavy atom. The van der Waals surface area contributed by atoms with E-state index in [1.54, 1.807) is 12.1 Å². The summed E-state index contributed by atoms with van der Waals surface area (Å²) < 4.78 is 6.73. The Balaban J connectivity index is 2.21.